The first kappa shape index (κ1) is 14.9. The molecule has 0 saturated carbocycles. The van der Waals surface area contributed by atoms with Gasteiger partial charge in [0.1, 0.15) is 0 Å². The van der Waals surface area contributed by atoms with Crippen molar-refractivity contribution in [2.45, 2.75) is 31.9 Å². The van der Waals surface area contributed by atoms with Gasteiger partial charge in [-0.2, -0.15) is 11.8 Å². The average molecular weight is 342 g/mol. The summed E-state index contributed by atoms with van der Waals surface area (Å²) in [6.45, 7) is 8.21. The quantitative estimate of drug-likeness (QED) is 0.765. The maximum absolute atomic E-state index is 12.6. The number of carbonyl (C=O) groups excluding carboxylic acids is 1. The molecule has 0 spiro atoms. The number of hydrogen-bond acceptors (Lipinski definition) is 2. The van der Waals surface area contributed by atoms with Crippen molar-refractivity contribution in [2.75, 3.05) is 18.8 Å². The van der Waals surface area contributed by atoms with Crippen molar-refractivity contribution >= 4 is 33.6 Å². The molecule has 104 valence electrons. The predicted molar refractivity (Wildman–Crippen MR) is 85.9 cm³/mol. The first-order valence-corrected chi connectivity index (χ1v) is 8.36. The van der Waals surface area contributed by atoms with Crippen molar-refractivity contribution < 1.29 is 4.79 Å². The number of benzene rings is 1. The highest BCUT2D eigenvalue weighted by atomic mass is 79.9. The molecule has 0 bridgehead atoms. The van der Waals surface area contributed by atoms with Gasteiger partial charge in [-0.05, 0) is 31.0 Å². The Labute approximate surface area is 128 Å². The van der Waals surface area contributed by atoms with Gasteiger partial charge in [-0.1, -0.05) is 35.8 Å². The molecule has 1 aliphatic rings. The van der Waals surface area contributed by atoms with Crippen molar-refractivity contribution in [2.24, 2.45) is 0 Å². The molecule has 0 aromatic heterocycles. The SMILES string of the molecule is Cc1ccc(Br)cc1C(=O)N1CCSC(C)(C)CC1. The van der Waals surface area contributed by atoms with E-state index in [1.54, 1.807) is 0 Å². The number of nitrogens with zero attached hydrogens (tertiary/aromatic N) is 1. The average Bonchev–Trinajstić information content (AvgIpc) is 2.52. The van der Waals surface area contributed by atoms with E-state index in [4.69, 9.17) is 0 Å². The summed E-state index contributed by atoms with van der Waals surface area (Å²) in [5.74, 6) is 1.18. The summed E-state index contributed by atoms with van der Waals surface area (Å²) >= 11 is 5.41. The van der Waals surface area contributed by atoms with Crippen LogP contribution >= 0.6 is 27.7 Å². The third-order valence-electron chi connectivity index (χ3n) is 3.56. The van der Waals surface area contributed by atoms with E-state index in [1.165, 1.54) is 0 Å². The number of amides is 1. The number of halogens is 1. The van der Waals surface area contributed by atoms with Crippen LogP contribution in [0.4, 0.5) is 0 Å². The summed E-state index contributed by atoms with van der Waals surface area (Å²) in [5, 5.41) is 0. The lowest BCUT2D eigenvalue weighted by molar-refractivity contribution is 0.0764. The lowest BCUT2D eigenvalue weighted by Crippen LogP contribution is -2.34. The molecule has 1 aliphatic heterocycles. The minimum absolute atomic E-state index is 0.164. The Morgan fingerprint density at radius 2 is 2.11 bits per heavy atom. The Bertz CT molecular complexity index is 487. The van der Waals surface area contributed by atoms with Gasteiger partial charge in [0.15, 0.2) is 0 Å². The standard InChI is InChI=1S/C15H20BrNOS/c1-11-4-5-12(16)10-13(11)14(18)17-7-6-15(2,3)19-9-8-17/h4-5,10H,6-9H2,1-3H3. The minimum Gasteiger partial charge on any atom is -0.338 e. The summed E-state index contributed by atoms with van der Waals surface area (Å²) in [6, 6.07) is 5.90. The summed E-state index contributed by atoms with van der Waals surface area (Å²) in [7, 11) is 0. The Hall–Kier alpha value is -0.480. The fourth-order valence-electron chi connectivity index (χ4n) is 2.22. The van der Waals surface area contributed by atoms with Gasteiger partial charge in [0.2, 0.25) is 0 Å². The summed E-state index contributed by atoms with van der Waals surface area (Å²) < 4.78 is 1.24. The molecule has 0 unspecified atom stereocenters. The third kappa shape index (κ3) is 3.76. The highest BCUT2D eigenvalue weighted by Crippen LogP contribution is 2.31. The molecular weight excluding hydrogens is 322 g/mol. The van der Waals surface area contributed by atoms with Crippen LogP contribution in [-0.4, -0.2) is 34.4 Å². The second-order valence-electron chi connectivity index (χ2n) is 5.61. The van der Waals surface area contributed by atoms with E-state index in [-0.39, 0.29) is 10.7 Å². The van der Waals surface area contributed by atoms with Crippen molar-refractivity contribution in [3.8, 4) is 0 Å². The normalized spacial score (nSPS) is 19.1. The fraction of sp³-hybridized carbons (Fsp3) is 0.533. The molecule has 2 nitrogen and oxygen atoms in total. The van der Waals surface area contributed by atoms with Crippen LogP contribution in [0.3, 0.4) is 0 Å². The topological polar surface area (TPSA) is 20.3 Å². The van der Waals surface area contributed by atoms with Crippen LogP contribution < -0.4 is 0 Å². The van der Waals surface area contributed by atoms with Crippen molar-refractivity contribution in [1.82, 2.24) is 4.90 Å². The zero-order valence-electron chi connectivity index (χ0n) is 11.7. The van der Waals surface area contributed by atoms with Gasteiger partial charge in [-0.3, -0.25) is 4.79 Å². The second-order valence-corrected chi connectivity index (χ2v) is 8.33. The first-order chi connectivity index (χ1) is 8.89. The molecule has 1 aromatic rings. The number of aryl methyl sites for hydroxylation is 1. The third-order valence-corrected chi connectivity index (χ3v) is 5.42. The van der Waals surface area contributed by atoms with E-state index < -0.39 is 0 Å². The molecule has 1 saturated heterocycles. The van der Waals surface area contributed by atoms with Crippen LogP contribution in [0.2, 0.25) is 0 Å². The van der Waals surface area contributed by atoms with E-state index in [2.05, 4.69) is 29.8 Å². The van der Waals surface area contributed by atoms with Crippen LogP contribution in [0.5, 0.6) is 0 Å². The van der Waals surface area contributed by atoms with Crippen LogP contribution in [0, 0.1) is 6.92 Å². The van der Waals surface area contributed by atoms with Crippen LogP contribution in [0.1, 0.15) is 36.2 Å². The zero-order chi connectivity index (χ0) is 14.0. The number of rotatable bonds is 1. The largest absolute Gasteiger partial charge is 0.338 e. The van der Waals surface area contributed by atoms with Gasteiger partial charge in [-0.15, -0.1) is 0 Å². The van der Waals surface area contributed by atoms with Crippen molar-refractivity contribution in [3.05, 3.63) is 33.8 Å². The molecule has 0 aliphatic carbocycles. The van der Waals surface area contributed by atoms with E-state index in [0.29, 0.717) is 0 Å². The molecule has 1 fully saturated rings. The van der Waals surface area contributed by atoms with Gasteiger partial charge >= 0.3 is 0 Å². The smallest absolute Gasteiger partial charge is 0.254 e. The summed E-state index contributed by atoms with van der Waals surface area (Å²) in [4.78, 5) is 14.6. The maximum Gasteiger partial charge on any atom is 0.254 e. The maximum atomic E-state index is 12.6. The molecule has 0 N–H and O–H groups in total. The predicted octanol–water partition coefficient (Wildman–Crippen LogP) is 4.12. The molecule has 0 atom stereocenters. The molecule has 19 heavy (non-hydrogen) atoms. The van der Waals surface area contributed by atoms with Crippen LogP contribution in [0.15, 0.2) is 22.7 Å². The Morgan fingerprint density at radius 1 is 1.37 bits per heavy atom. The number of hydrogen-bond donors (Lipinski definition) is 0. The molecular formula is C15H20BrNOS. The van der Waals surface area contributed by atoms with E-state index >= 15 is 0 Å². The van der Waals surface area contributed by atoms with Crippen molar-refractivity contribution in [1.29, 1.82) is 0 Å². The lowest BCUT2D eigenvalue weighted by Gasteiger charge is -2.23. The summed E-state index contributed by atoms with van der Waals surface area (Å²) in [6.07, 6.45) is 1.05. The highest BCUT2D eigenvalue weighted by Gasteiger charge is 2.26. The van der Waals surface area contributed by atoms with Gasteiger partial charge < -0.3 is 4.90 Å². The molecule has 0 radical (unpaired) electrons. The Balaban J connectivity index is 2.17. The molecule has 4 heteroatoms. The first-order valence-electron chi connectivity index (χ1n) is 6.58. The molecule has 1 amide bonds. The van der Waals surface area contributed by atoms with Crippen LogP contribution in [0.25, 0.3) is 0 Å². The lowest BCUT2D eigenvalue weighted by atomic mass is 10.1. The van der Waals surface area contributed by atoms with Crippen molar-refractivity contribution in [3.63, 3.8) is 0 Å². The van der Waals surface area contributed by atoms with Crippen LogP contribution in [-0.2, 0) is 0 Å². The minimum atomic E-state index is 0.164. The highest BCUT2D eigenvalue weighted by molar-refractivity contribution is 9.10. The molecule has 2 rings (SSSR count). The molecule has 1 aromatic carbocycles. The van der Waals surface area contributed by atoms with E-state index in [9.17, 15) is 4.79 Å². The second kappa shape index (κ2) is 5.88. The number of carbonyl (C=O) groups is 1. The zero-order valence-corrected chi connectivity index (χ0v) is 14.1. The van der Waals surface area contributed by atoms with Gasteiger partial charge in [-0.25, -0.2) is 0 Å². The fourth-order valence-corrected chi connectivity index (χ4v) is 3.68. The Kier molecular flexibility index (Phi) is 4.62. The van der Waals surface area contributed by atoms with Gasteiger partial charge in [0.05, 0.1) is 0 Å². The van der Waals surface area contributed by atoms with Gasteiger partial charge in [0, 0.05) is 33.6 Å². The molecule has 1 heterocycles. The monoisotopic (exact) mass is 341 g/mol. The van der Waals surface area contributed by atoms with E-state index in [0.717, 1.165) is 40.9 Å². The van der Waals surface area contributed by atoms with Gasteiger partial charge in [0.25, 0.3) is 5.91 Å². The van der Waals surface area contributed by atoms with E-state index in [1.807, 2.05) is 41.8 Å². The summed E-state index contributed by atoms with van der Waals surface area (Å²) in [5.41, 5.74) is 1.86. The Morgan fingerprint density at radius 3 is 2.84 bits per heavy atom. The number of thioether (sulfide) groups is 1.